The minimum atomic E-state index is -3.78. The summed E-state index contributed by atoms with van der Waals surface area (Å²) in [6.45, 7) is 2.43. The Labute approximate surface area is 154 Å². The Balaban J connectivity index is 2.33. The molecule has 6 nitrogen and oxygen atoms in total. The van der Waals surface area contributed by atoms with Crippen LogP contribution in [0.3, 0.4) is 0 Å². The van der Waals surface area contributed by atoms with Crippen LogP contribution in [-0.2, 0) is 21.2 Å². The van der Waals surface area contributed by atoms with E-state index in [0.717, 1.165) is 5.56 Å². The third kappa shape index (κ3) is 4.69. The summed E-state index contributed by atoms with van der Waals surface area (Å²) in [6, 6.07) is 14.2. The molecule has 0 aliphatic heterocycles. The number of ether oxygens (including phenoxy) is 1. The van der Waals surface area contributed by atoms with Gasteiger partial charge in [-0.25, -0.2) is 13.2 Å². The van der Waals surface area contributed by atoms with Gasteiger partial charge in [-0.1, -0.05) is 36.4 Å². The predicted octanol–water partition coefficient (Wildman–Crippen LogP) is 1.97. The standard InChI is InChI=1S/C19H24N2O4S/c1-15-8-9-17(19(22)25-2)14-18(15)26(23,24)21(13-11-20)12-10-16-6-4-3-5-7-16/h3-9,14H,10-13,20H2,1-2H3. The van der Waals surface area contributed by atoms with E-state index in [1.54, 1.807) is 19.1 Å². The number of esters is 1. The Morgan fingerprint density at radius 2 is 1.81 bits per heavy atom. The highest BCUT2D eigenvalue weighted by atomic mass is 32.2. The number of benzene rings is 2. The van der Waals surface area contributed by atoms with Crippen LogP contribution in [0.4, 0.5) is 0 Å². The Hall–Kier alpha value is -2.22. The lowest BCUT2D eigenvalue weighted by Crippen LogP contribution is -2.37. The van der Waals surface area contributed by atoms with Crippen LogP contribution in [0.2, 0.25) is 0 Å². The van der Waals surface area contributed by atoms with Gasteiger partial charge < -0.3 is 10.5 Å². The van der Waals surface area contributed by atoms with Gasteiger partial charge >= 0.3 is 5.97 Å². The van der Waals surface area contributed by atoms with Gasteiger partial charge in [-0.2, -0.15) is 4.31 Å². The van der Waals surface area contributed by atoms with E-state index in [0.29, 0.717) is 18.5 Å². The summed E-state index contributed by atoms with van der Waals surface area (Å²) >= 11 is 0. The molecule has 0 heterocycles. The monoisotopic (exact) mass is 376 g/mol. The zero-order valence-corrected chi connectivity index (χ0v) is 15.8. The van der Waals surface area contributed by atoms with Gasteiger partial charge in [-0.3, -0.25) is 0 Å². The second kappa shape index (κ2) is 8.93. The van der Waals surface area contributed by atoms with Crippen molar-refractivity contribution in [3.63, 3.8) is 0 Å². The third-order valence-electron chi connectivity index (χ3n) is 4.10. The summed E-state index contributed by atoms with van der Waals surface area (Å²) in [5, 5.41) is 0. The van der Waals surface area contributed by atoms with Gasteiger partial charge in [0.25, 0.3) is 0 Å². The topological polar surface area (TPSA) is 89.7 Å². The molecule has 2 rings (SSSR count). The number of hydrogen-bond donors (Lipinski definition) is 1. The molecule has 0 aromatic heterocycles. The van der Waals surface area contributed by atoms with Crippen LogP contribution in [0.15, 0.2) is 53.4 Å². The number of carbonyl (C=O) groups is 1. The number of aryl methyl sites for hydroxylation is 1. The third-order valence-corrected chi connectivity index (χ3v) is 6.14. The molecule has 7 heteroatoms. The molecule has 2 N–H and O–H groups in total. The van der Waals surface area contributed by atoms with E-state index >= 15 is 0 Å². The molecule has 0 spiro atoms. The van der Waals surface area contributed by atoms with Crippen molar-refractivity contribution in [2.45, 2.75) is 18.2 Å². The predicted molar refractivity (Wildman–Crippen MR) is 100 cm³/mol. The zero-order valence-electron chi connectivity index (χ0n) is 15.0. The fourth-order valence-corrected chi connectivity index (χ4v) is 4.36. The molecule has 2 aromatic rings. The van der Waals surface area contributed by atoms with Crippen molar-refractivity contribution in [1.29, 1.82) is 0 Å². The summed E-state index contributed by atoms with van der Waals surface area (Å²) in [5.74, 6) is -0.573. The van der Waals surface area contributed by atoms with Crippen molar-refractivity contribution in [3.05, 3.63) is 65.2 Å². The lowest BCUT2D eigenvalue weighted by Gasteiger charge is -2.23. The summed E-state index contributed by atoms with van der Waals surface area (Å²) in [7, 11) is -2.52. The van der Waals surface area contributed by atoms with Crippen molar-refractivity contribution in [3.8, 4) is 0 Å². The van der Waals surface area contributed by atoms with Crippen molar-refractivity contribution >= 4 is 16.0 Å². The molecule has 0 aliphatic rings. The molecule has 140 valence electrons. The van der Waals surface area contributed by atoms with Crippen LogP contribution in [-0.4, -0.2) is 45.4 Å². The number of hydrogen-bond acceptors (Lipinski definition) is 5. The molecular weight excluding hydrogens is 352 g/mol. The zero-order chi connectivity index (χ0) is 19.2. The van der Waals surface area contributed by atoms with Crippen LogP contribution >= 0.6 is 0 Å². The molecule has 0 amide bonds. The lowest BCUT2D eigenvalue weighted by atomic mass is 10.1. The number of rotatable bonds is 8. The van der Waals surface area contributed by atoms with E-state index in [-0.39, 0.29) is 23.5 Å². The van der Waals surface area contributed by atoms with E-state index in [1.165, 1.54) is 17.5 Å². The number of sulfonamides is 1. The number of methoxy groups -OCH3 is 1. The normalized spacial score (nSPS) is 11.5. The number of nitrogens with two attached hydrogens (primary N) is 1. The van der Waals surface area contributed by atoms with Gasteiger partial charge in [0, 0.05) is 19.6 Å². The van der Waals surface area contributed by atoms with Crippen LogP contribution in [0.5, 0.6) is 0 Å². The molecular formula is C19H24N2O4S. The first-order valence-corrected chi connectivity index (χ1v) is 9.77. The maximum atomic E-state index is 13.1. The molecule has 0 radical (unpaired) electrons. The fraction of sp³-hybridized carbons (Fsp3) is 0.316. The first-order valence-electron chi connectivity index (χ1n) is 8.33. The van der Waals surface area contributed by atoms with Crippen molar-refractivity contribution in [2.24, 2.45) is 5.73 Å². The molecule has 0 saturated carbocycles. The van der Waals surface area contributed by atoms with Crippen LogP contribution in [0.1, 0.15) is 21.5 Å². The first kappa shape index (κ1) is 20.1. The molecule has 0 saturated heterocycles. The molecule has 2 aromatic carbocycles. The fourth-order valence-electron chi connectivity index (χ4n) is 2.66. The van der Waals surface area contributed by atoms with Crippen LogP contribution < -0.4 is 5.73 Å². The van der Waals surface area contributed by atoms with Crippen molar-refractivity contribution in [1.82, 2.24) is 4.31 Å². The number of nitrogens with zero attached hydrogens (tertiary/aromatic N) is 1. The maximum absolute atomic E-state index is 13.1. The van der Waals surface area contributed by atoms with Gasteiger partial charge in [0.1, 0.15) is 0 Å². The summed E-state index contributed by atoms with van der Waals surface area (Å²) in [4.78, 5) is 11.9. The van der Waals surface area contributed by atoms with Gasteiger partial charge in [-0.05, 0) is 36.6 Å². The first-order chi connectivity index (χ1) is 12.4. The maximum Gasteiger partial charge on any atom is 0.337 e. The van der Waals surface area contributed by atoms with E-state index in [2.05, 4.69) is 4.74 Å². The minimum Gasteiger partial charge on any atom is -0.465 e. The average Bonchev–Trinajstić information content (AvgIpc) is 2.65. The van der Waals surface area contributed by atoms with Crippen LogP contribution in [0.25, 0.3) is 0 Å². The Morgan fingerprint density at radius 3 is 2.42 bits per heavy atom. The molecule has 0 unspecified atom stereocenters. The Morgan fingerprint density at radius 1 is 1.12 bits per heavy atom. The lowest BCUT2D eigenvalue weighted by molar-refractivity contribution is 0.0600. The summed E-state index contributed by atoms with van der Waals surface area (Å²) < 4.78 is 32.3. The Kier molecular flexibility index (Phi) is 6.90. The quantitative estimate of drug-likeness (QED) is 0.712. The summed E-state index contributed by atoms with van der Waals surface area (Å²) in [6.07, 6.45) is 0.579. The van der Waals surface area contributed by atoms with Gasteiger partial charge in [0.05, 0.1) is 17.6 Å². The van der Waals surface area contributed by atoms with Crippen molar-refractivity contribution in [2.75, 3.05) is 26.7 Å². The molecule has 26 heavy (non-hydrogen) atoms. The van der Waals surface area contributed by atoms with Gasteiger partial charge in [-0.15, -0.1) is 0 Å². The highest BCUT2D eigenvalue weighted by Crippen LogP contribution is 2.22. The molecule has 0 fully saturated rings. The van der Waals surface area contributed by atoms with E-state index in [9.17, 15) is 13.2 Å². The van der Waals surface area contributed by atoms with Gasteiger partial charge in [0.15, 0.2) is 0 Å². The van der Waals surface area contributed by atoms with E-state index < -0.39 is 16.0 Å². The second-order valence-electron chi connectivity index (χ2n) is 5.90. The highest BCUT2D eigenvalue weighted by molar-refractivity contribution is 7.89. The smallest absolute Gasteiger partial charge is 0.337 e. The largest absolute Gasteiger partial charge is 0.465 e. The van der Waals surface area contributed by atoms with E-state index in [1.807, 2.05) is 30.3 Å². The SMILES string of the molecule is COC(=O)c1ccc(C)c(S(=O)(=O)N(CCN)CCc2ccccc2)c1. The van der Waals surface area contributed by atoms with Crippen LogP contribution in [0, 0.1) is 6.92 Å². The van der Waals surface area contributed by atoms with Crippen molar-refractivity contribution < 1.29 is 17.9 Å². The summed E-state index contributed by atoms with van der Waals surface area (Å²) in [5.41, 5.74) is 7.45. The molecule has 0 aliphatic carbocycles. The minimum absolute atomic E-state index is 0.0990. The number of carbonyl (C=O) groups excluding carboxylic acids is 1. The Bertz CT molecular complexity index is 851. The average molecular weight is 376 g/mol. The highest BCUT2D eigenvalue weighted by Gasteiger charge is 2.26. The molecule has 0 atom stereocenters. The van der Waals surface area contributed by atoms with Gasteiger partial charge in [0.2, 0.25) is 10.0 Å². The molecule has 0 bridgehead atoms. The van der Waals surface area contributed by atoms with E-state index in [4.69, 9.17) is 5.73 Å². The second-order valence-corrected chi connectivity index (χ2v) is 7.81.